The van der Waals surface area contributed by atoms with Gasteiger partial charge >= 0.3 is 0 Å². The number of ether oxygens (including phenoxy) is 1. The molecule has 0 unspecified atom stereocenters. The Labute approximate surface area is 170 Å². The molecule has 1 N–H and O–H groups in total. The number of benzene rings is 2. The van der Waals surface area contributed by atoms with E-state index in [2.05, 4.69) is 44.4 Å². The average Bonchev–Trinajstić information content (AvgIpc) is 2.80. The Morgan fingerprint density at radius 3 is 2.28 bits per heavy atom. The number of amides is 1. The molecule has 0 spiro atoms. The summed E-state index contributed by atoms with van der Waals surface area (Å²) in [7, 11) is 1.58. The van der Waals surface area contributed by atoms with Gasteiger partial charge in [-0.15, -0.1) is 0 Å². The maximum absolute atomic E-state index is 12.7. The van der Waals surface area contributed by atoms with Crippen molar-refractivity contribution in [3.63, 3.8) is 0 Å². The second kappa shape index (κ2) is 8.65. The highest BCUT2D eigenvalue weighted by atomic mass is 16.5. The van der Waals surface area contributed by atoms with Gasteiger partial charge in [-0.2, -0.15) is 0 Å². The first-order valence-electron chi connectivity index (χ1n) is 9.70. The fraction of sp³-hybridized carbons (Fsp3) is 0.217. The third kappa shape index (κ3) is 4.32. The minimum Gasteiger partial charge on any atom is -0.495 e. The lowest BCUT2D eigenvalue weighted by molar-refractivity contribution is 0.102. The maximum Gasteiger partial charge on any atom is 0.274 e. The molecular weight excluding hydrogens is 364 g/mol. The summed E-state index contributed by atoms with van der Waals surface area (Å²) >= 11 is 0. The predicted octanol–water partition coefficient (Wildman–Crippen LogP) is 3.67. The van der Waals surface area contributed by atoms with Crippen LogP contribution in [-0.2, 0) is 0 Å². The number of hydrogen-bond donors (Lipinski definition) is 1. The van der Waals surface area contributed by atoms with Crippen LogP contribution < -0.4 is 19.9 Å². The van der Waals surface area contributed by atoms with Crippen molar-refractivity contribution in [1.29, 1.82) is 0 Å². The van der Waals surface area contributed by atoms with Crippen LogP contribution in [-0.4, -0.2) is 44.2 Å². The van der Waals surface area contributed by atoms with Crippen molar-refractivity contribution < 1.29 is 9.53 Å². The Hall–Kier alpha value is -3.54. The van der Waals surface area contributed by atoms with Crippen LogP contribution in [0.25, 0.3) is 0 Å². The first kappa shape index (κ1) is 18.8. The van der Waals surface area contributed by atoms with Gasteiger partial charge in [-0.1, -0.05) is 30.3 Å². The van der Waals surface area contributed by atoms with E-state index in [1.807, 2.05) is 42.5 Å². The SMILES string of the molecule is COc1ccccc1NC(=O)c1cc(N2CCN(c3ccccc3)CC2)ccn1. The molecule has 3 aromatic rings. The van der Waals surface area contributed by atoms with Gasteiger partial charge in [-0.3, -0.25) is 9.78 Å². The van der Waals surface area contributed by atoms with E-state index in [1.54, 1.807) is 13.3 Å². The van der Waals surface area contributed by atoms with Crippen molar-refractivity contribution in [2.24, 2.45) is 0 Å². The van der Waals surface area contributed by atoms with Crippen molar-refractivity contribution in [2.75, 3.05) is 48.4 Å². The van der Waals surface area contributed by atoms with Crippen LogP contribution in [0.2, 0.25) is 0 Å². The summed E-state index contributed by atoms with van der Waals surface area (Å²) in [6.07, 6.45) is 1.69. The topological polar surface area (TPSA) is 57.7 Å². The molecule has 1 aliphatic heterocycles. The number of pyridine rings is 1. The van der Waals surface area contributed by atoms with Gasteiger partial charge in [-0.05, 0) is 36.4 Å². The van der Waals surface area contributed by atoms with E-state index in [0.29, 0.717) is 17.1 Å². The highest BCUT2D eigenvalue weighted by molar-refractivity contribution is 6.04. The number of anilines is 3. The standard InChI is InChI=1S/C23H24N4O2/c1-29-22-10-6-5-9-20(22)25-23(28)21-17-19(11-12-24-21)27-15-13-26(14-16-27)18-7-3-2-4-8-18/h2-12,17H,13-16H2,1H3,(H,25,28). The Kier molecular flexibility index (Phi) is 5.61. The summed E-state index contributed by atoms with van der Waals surface area (Å²) < 4.78 is 5.30. The van der Waals surface area contributed by atoms with Crippen LogP contribution in [0, 0.1) is 0 Å². The zero-order valence-corrected chi connectivity index (χ0v) is 16.4. The Balaban J connectivity index is 1.43. The van der Waals surface area contributed by atoms with Gasteiger partial charge in [0.25, 0.3) is 5.91 Å². The summed E-state index contributed by atoms with van der Waals surface area (Å²) in [4.78, 5) is 21.6. The molecule has 6 nitrogen and oxygen atoms in total. The molecule has 1 aromatic heterocycles. The average molecular weight is 388 g/mol. The quantitative estimate of drug-likeness (QED) is 0.723. The molecule has 29 heavy (non-hydrogen) atoms. The lowest BCUT2D eigenvalue weighted by Crippen LogP contribution is -2.46. The first-order valence-corrected chi connectivity index (χ1v) is 9.70. The number of carbonyl (C=O) groups is 1. The Bertz CT molecular complexity index is 969. The molecule has 1 fully saturated rings. The number of nitrogens with zero attached hydrogens (tertiary/aromatic N) is 3. The molecule has 1 aliphatic rings. The second-order valence-electron chi connectivity index (χ2n) is 6.86. The largest absolute Gasteiger partial charge is 0.495 e. The molecule has 0 aliphatic carbocycles. The number of methoxy groups -OCH3 is 1. The Morgan fingerprint density at radius 1 is 0.897 bits per heavy atom. The highest BCUT2D eigenvalue weighted by Crippen LogP contribution is 2.24. The zero-order valence-electron chi connectivity index (χ0n) is 16.4. The molecule has 148 valence electrons. The molecule has 0 saturated carbocycles. The van der Waals surface area contributed by atoms with Crippen LogP contribution in [0.1, 0.15) is 10.5 Å². The summed E-state index contributed by atoms with van der Waals surface area (Å²) in [6, 6.07) is 21.6. The molecule has 0 atom stereocenters. The first-order chi connectivity index (χ1) is 14.2. The predicted molar refractivity (Wildman–Crippen MR) is 116 cm³/mol. The second-order valence-corrected chi connectivity index (χ2v) is 6.86. The molecule has 4 rings (SSSR count). The number of piperazine rings is 1. The number of aromatic nitrogens is 1. The fourth-order valence-electron chi connectivity index (χ4n) is 3.54. The minimum absolute atomic E-state index is 0.251. The molecule has 0 bridgehead atoms. The van der Waals surface area contributed by atoms with Crippen molar-refractivity contribution in [1.82, 2.24) is 4.98 Å². The van der Waals surface area contributed by atoms with Crippen LogP contribution >= 0.6 is 0 Å². The number of carbonyl (C=O) groups excluding carboxylic acids is 1. The minimum atomic E-state index is -0.251. The molecule has 6 heteroatoms. The molecule has 2 heterocycles. The van der Waals surface area contributed by atoms with E-state index in [-0.39, 0.29) is 5.91 Å². The number of rotatable bonds is 5. The Morgan fingerprint density at radius 2 is 1.55 bits per heavy atom. The van der Waals surface area contributed by atoms with E-state index in [1.165, 1.54) is 5.69 Å². The number of nitrogens with one attached hydrogen (secondary N) is 1. The number of para-hydroxylation sites is 3. The van der Waals surface area contributed by atoms with Crippen molar-refractivity contribution in [3.05, 3.63) is 78.6 Å². The van der Waals surface area contributed by atoms with Crippen molar-refractivity contribution >= 4 is 23.0 Å². The molecule has 1 amide bonds. The smallest absolute Gasteiger partial charge is 0.274 e. The summed E-state index contributed by atoms with van der Waals surface area (Å²) in [5, 5.41) is 2.88. The monoisotopic (exact) mass is 388 g/mol. The fourth-order valence-corrected chi connectivity index (χ4v) is 3.54. The van der Waals surface area contributed by atoms with Gasteiger partial charge in [0.05, 0.1) is 12.8 Å². The molecule has 1 saturated heterocycles. The van der Waals surface area contributed by atoms with Gasteiger partial charge in [0.1, 0.15) is 11.4 Å². The van der Waals surface area contributed by atoms with E-state index in [0.717, 1.165) is 31.9 Å². The van der Waals surface area contributed by atoms with Crippen LogP contribution in [0.15, 0.2) is 72.9 Å². The summed E-state index contributed by atoms with van der Waals surface area (Å²) in [5.74, 6) is 0.369. The highest BCUT2D eigenvalue weighted by Gasteiger charge is 2.19. The van der Waals surface area contributed by atoms with Crippen molar-refractivity contribution in [2.45, 2.75) is 0 Å². The van der Waals surface area contributed by atoms with Gasteiger partial charge in [0.2, 0.25) is 0 Å². The summed E-state index contributed by atoms with van der Waals surface area (Å²) in [5.41, 5.74) is 3.28. The van der Waals surface area contributed by atoms with E-state index >= 15 is 0 Å². The van der Waals surface area contributed by atoms with Gasteiger partial charge < -0.3 is 19.9 Å². The van der Waals surface area contributed by atoms with E-state index < -0.39 is 0 Å². The molecule has 0 radical (unpaired) electrons. The lowest BCUT2D eigenvalue weighted by Gasteiger charge is -2.37. The summed E-state index contributed by atoms with van der Waals surface area (Å²) in [6.45, 7) is 3.67. The third-order valence-electron chi connectivity index (χ3n) is 5.10. The van der Waals surface area contributed by atoms with Crippen LogP contribution in [0.3, 0.4) is 0 Å². The molecular formula is C23H24N4O2. The molecule has 2 aromatic carbocycles. The lowest BCUT2D eigenvalue weighted by atomic mass is 10.2. The maximum atomic E-state index is 12.7. The van der Waals surface area contributed by atoms with E-state index in [9.17, 15) is 4.79 Å². The normalized spacial score (nSPS) is 13.8. The van der Waals surface area contributed by atoms with Crippen LogP contribution in [0.5, 0.6) is 5.75 Å². The van der Waals surface area contributed by atoms with Gasteiger partial charge in [0, 0.05) is 43.8 Å². The van der Waals surface area contributed by atoms with Gasteiger partial charge in [-0.25, -0.2) is 0 Å². The zero-order chi connectivity index (χ0) is 20.1. The number of hydrogen-bond acceptors (Lipinski definition) is 5. The van der Waals surface area contributed by atoms with Crippen molar-refractivity contribution in [3.8, 4) is 5.75 Å². The van der Waals surface area contributed by atoms with Crippen LogP contribution in [0.4, 0.5) is 17.1 Å². The van der Waals surface area contributed by atoms with Gasteiger partial charge in [0.15, 0.2) is 0 Å². The van der Waals surface area contributed by atoms with E-state index in [4.69, 9.17) is 4.74 Å². The third-order valence-corrected chi connectivity index (χ3v) is 5.10.